The van der Waals surface area contributed by atoms with E-state index in [-0.39, 0.29) is 29.6 Å². The van der Waals surface area contributed by atoms with Gasteiger partial charge in [0.25, 0.3) is 0 Å². The van der Waals surface area contributed by atoms with Crippen LogP contribution in [-0.2, 0) is 11.1 Å². The van der Waals surface area contributed by atoms with Crippen LogP contribution in [0.1, 0.15) is 0 Å². The Morgan fingerprint density at radius 1 is 1.57 bits per heavy atom. The van der Waals surface area contributed by atoms with Crippen molar-refractivity contribution in [1.82, 2.24) is 4.98 Å². The van der Waals surface area contributed by atoms with E-state index in [1.807, 2.05) is 5.32 Å². The molecule has 1 heterocycles. The number of hydrogen-bond donors (Lipinski definition) is 2. The summed E-state index contributed by atoms with van der Waals surface area (Å²) in [6.45, 7) is 0. The molecular weight excluding hydrogens is 203 g/mol. The summed E-state index contributed by atoms with van der Waals surface area (Å²) in [7, 11) is 0. The van der Waals surface area contributed by atoms with Gasteiger partial charge in [-0.3, -0.25) is 9.53 Å². The van der Waals surface area contributed by atoms with Crippen LogP contribution < -0.4 is 24.2 Å². The Labute approximate surface area is 94.2 Å². The molecular formula is C6H5LiN2O4S. The molecule has 0 aliphatic carbocycles. The molecule has 1 aromatic rings. The van der Waals surface area contributed by atoms with Crippen LogP contribution in [0.5, 0.6) is 0 Å². The van der Waals surface area contributed by atoms with Crippen LogP contribution in [0, 0.1) is 0 Å². The van der Waals surface area contributed by atoms with Gasteiger partial charge in [-0.15, -0.1) is 0 Å². The molecule has 1 atom stereocenters. The number of aromatic nitrogens is 1. The van der Waals surface area contributed by atoms with Crippen molar-refractivity contribution in [3.8, 4) is 0 Å². The van der Waals surface area contributed by atoms with E-state index in [1.165, 1.54) is 12.1 Å². The van der Waals surface area contributed by atoms with Crippen molar-refractivity contribution in [2.45, 2.75) is 4.90 Å². The molecule has 8 heteroatoms. The van der Waals surface area contributed by atoms with Gasteiger partial charge in [0, 0.05) is 11.1 Å². The summed E-state index contributed by atoms with van der Waals surface area (Å²) < 4.78 is 20.7. The van der Waals surface area contributed by atoms with Crippen molar-refractivity contribution in [2.75, 3.05) is 5.32 Å². The average molecular weight is 208 g/mol. The van der Waals surface area contributed by atoms with Gasteiger partial charge >= 0.3 is 25.0 Å². The summed E-state index contributed by atoms with van der Waals surface area (Å²) in [6.07, 6.45) is -0.183. The van der Waals surface area contributed by atoms with E-state index in [0.717, 1.165) is 6.20 Å². The van der Waals surface area contributed by atoms with Gasteiger partial charge in [-0.1, -0.05) is 0 Å². The summed E-state index contributed by atoms with van der Waals surface area (Å²) in [4.78, 5) is 13.7. The molecule has 0 fully saturated rings. The monoisotopic (exact) mass is 208 g/mol. The number of nitrogens with one attached hydrogen (secondary N) is 1. The van der Waals surface area contributed by atoms with Crippen LogP contribution >= 0.6 is 0 Å². The van der Waals surface area contributed by atoms with E-state index < -0.39 is 17.2 Å². The third-order valence-electron chi connectivity index (χ3n) is 1.16. The number of carboxylic acid groups (broad SMARTS) is 1. The van der Waals surface area contributed by atoms with Crippen molar-refractivity contribution < 1.29 is 37.5 Å². The van der Waals surface area contributed by atoms with Gasteiger partial charge < -0.3 is 9.66 Å². The second-order valence-electron chi connectivity index (χ2n) is 2.04. The first-order chi connectivity index (χ1) is 6.09. The van der Waals surface area contributed by atoms with Gasteiger partial charge in [0.2, 0.25) is 0 Å². The fraction of sp³-hybridized carbons (Fsp3) is 0. The standard InChI is InChI=1S/C6H6N2O4S.Li/c9-6(10)8-5-2-1-4(3-7-5)13(11)12;/h1-3H,(H,7,8)(H,9,10)(H,11,12);/q;+1/p-1. The maximum absolute atomic E-state index is 10.4. The van der Waals surface area contributed by atoms with E-state index in [0.29, 0.717) is 0 Å². The van der Waals surface area contributed by atoms with Gasteiger partial charge in [0.1, 0.15) is 5.82 Å². The first-order valence-electron chi connectivity index (χ1n) is 3.15. The molecule has 1 amide bonds. The second kappa shape index (κ2) is 5.77. The van der Waals surface area contributed by atoms with Crippen molar-refractivity contribution in [3.63, 3.8) is 0 Å². The summed E-state index contributed by atoms with van der Waals surface area (Å²) in [5.74, 6) is 0.0849. The van der Waals surface area contributed by atoms with Crippen LogP contribution in [0.4, 0.5) is 10.6 Å². The van der Waals surface area contributed by atoms with Crippen LogP contribution in [0.15, 0.2) is 23.2 Å². The normalized spacial score (nSPS) is 11.2. The van der Waals surface area contributed by atoms with Crippen LogP contribution in [-0.4, -0.2) is 24.9 Å². The summed E-state index contributed by atoms with van der Waals surface area (Å²) >= 11 is -2.34. The molecule has 0 radical (unpaired) electrons. The Kier molecular flexibility index (Phi) is 5.41. The van der Waals surface area contributed by atoms with Gasteiger partial charge in [-0.05, 0) is 23.2 Å². The molecule has 2 N–H and O–H groups in total. The van der Waals surface area contributed by atoms with Gasteiger partial charge in [-0.2, -0.15) is 0 Å². The van der Waals surface area contributed by atoms with Gasteiger partial charge in [0.05, 0.1) is 0 Å². The number of hydrogen-bond acceptors (Lipinski definition) is 4. The zero-order valence-electron chi connectivity index (χ0n) is 7.26. The van der Waals surface area contributed by atoms with Crippen LogP contribution in [0.25, 0.3) is 0 Å². The molecule has 1 aromatic heterocycles. The number of pyridine rings is 1. The fourth-order valence-corrected chi connectivity index (χ4v) is 0.980. The predicted octanol–water partition coefficient (Wildman–Crippen LogP) is -2.59. The minimum Gasteiger partial charge on any atom is -0.768 e. The van der Waals surface area contributed by atoms with Crippen molar-refractivity contribution in [1.29, 1.82) is 0 Å². The zero-order chi connectivity index (χ0) is 9.84. The number of anilines is 1. The number of carbonyl (C=O) groups is 1. The maximum Gasteiger partial charge on any atom is 1.00 e. The summed E-state index contributed by atoms with van der Waals surface area (Å²) in [6, 6.07) is 2.51. The van der Waals surface area contributed by atoms with Gasteiger partial charge in [-0.25, -0.2) is 9.78 Å². The molecule has 0 saturated carbocycles. The minimum absolute atomic E-state index is 0. The molecule has 0 aliphatic heterocycles. The average Bonchev–Trinajstić information content (AvgIpc) is 2.04. The second-order valence-corrected chi connectivity index (χ2v) is 2.98. The third-order valence-corrected chi connectivity index (χ3v) is 1.79. The Hall–Kier alpha value is -0.873. The van der Waals surface area contributed by atoms with Crippen molar-refractivity contribution in [3.05, 3.63) is 18.3 Å². The van der Waals surface area contributed by atoms with Crippen LogP contribution in [0.2, 0.25) is 0 Å². The third kappa shape index (κ3) is 3.89. The Morgan fingerprint density at radius 3 is 2.57 bits per heavy atom. The largest absolute Gasteiger partial charge is 1.00 e. The van der Waals surface area contributed by atoms with E-state index >= 15 is 0 Å². The molecule has 6 nitrogen and oxygen atoms in total. The Bertz CT molecular complexity index is 342. The van der Waals surface area contributed by atoms with E-state index in [1.54, 1.807) is 0 Å². The molecule has 1 rings (SSSR count). The number of amides is 1. The molecule has 0 spiro atoms. The summed E-state index contributed by atoms with van der Waals surface area (Å²) in [5.41, 5.74) is 0. The summed E-state index contributed by atoms with van der Waals surface area (Å²) in [5, 5.41) is 10.2. The SMILES string of the molecule is O=C(O)Nc1ccc(S(=O)[O-])cn1.[Li+]. The topological polar surface area (TPSA) is 102 Å². The van der Waals surface area contributed by atoms with E-state index in [2.05, 4.69) is 4.98 Å². The zero-order valence-corrected chi connectivity index (χ0v) is 8.08. The Balaban J connectivity index is 0.00000169. The van der Waals surface area contributed by atoms with E-state index in [4.69, 9.17) is 5.11 Å². The smallest absolute Gasteiger partial charge is 0.768 e. The molecule has 0 aromatic carbocycles. The van der Waals surface area contributed by atoms with E-state index in [9.17, 15) is 13.6 Å². The first-order valence-corrected chi connectivity index (χ1v) is 4.22. The number of rotatable bonds is 2. The molecule has 0 saturated heterocycles. The molecule has 0 bridgehead atoms. The molecule has 70 valence electrons. The minimum atomic E-state index is -2.34. The Morgan fingerprint density at radius 2 is 2.21 bits per heavy atom. The number of nitrogens with zero attached hydrogens (tertiary/aromatic N) is 1. The first kappa shape index (κ1) is 13.1. The molecule has 1 unspecified atom stereocenters. The maximum atomic E-state index is 10.4. The molecule has 0 aliphatic rings. The quantitative estimate of drug-likeness (QED) is 0.410. The van der Waals surface area contributed by atoms with Gasteiger partial charge in [0.15, 0.2) is 0 Å². The molecule has 14 heavy (non-hydrogen) atoms. The fourth-order valence-electron chi connectivity index (χ4n) is 0.662. The van der Waals surface area contributed by atoms with Crippen molar-refractivity contribution in [2.24, 2.45) is 0 Å². The van der Waals surface area contributed by atoms with Crippen LogP contribution in [0.3, 0.4) is 0 Å². The van der Waals surface area contributed by atoms with Crippen molar-refractivity contribution >= 4 is 23.0 Å². The predicted molar refractivity (Wildman–Crippen MR) is 43.1 cm³/mol.